The maximum atomic E-state index is 6.05. The minimum atomic E-state index is 0.359. The molecule has 0 saturated heterocycles. The quantitative estimate of drug-likeness (QED) is 0.873. The lowest BCUT2D eigenvalue weighted by molar-refractivity contribution is 0.306. The highest BCUT2D eigenvalue weighted by molar-refractivity contribution is 6.42. The second kappa shape index (κ2) is 7.21. The molecule has 102 valence electrons. The smallest absolute Gasteiger partial charge is 0.139 e. The number of benzene rings is 2. The van der Waals surface area contributed by atoms with Crippen molar-refractivity contribution in [2.45, 2.75) is 6.61 Å². The highest BCUT2D eigenvalue weighted by Gasteiger charge is 2.05. The average Bonchev–Trinajstić information content (AvgIpc) is 2.48. The number of ether oxygens (including phenoxy) is 1. The molecule has 0 heterocycles. The molecule has 0 amide bonds. The minimum Gasteiger partial charge on any atom is -0.487 e. The molecule has 0 fully saturated rings. The van der Waals surface area contributed by atoms with Crippen molar-refractivity contribution in [2.75, 3.05) is 6.54 Å². The van der Waals surface area contributed by atoms with Gasteiger partial charge in [0.1, 0.15) is 17.4 Å². The molecule has 2 aromatic carbocycles. The van der Waals surface area contributed by atoms with E-state index in [1.807, 2.05) is 24.3 Å². The Bertz CT molecular complexity index is 642. The molecule has 0 aliphatic heterocycles. The zero-order valence-electron chi connectivity index (χ0n) is 10.7. The van der Waals surface area contributed by atoms with Gasteiger partial charge in [0, 0.05) is 5.56 Å². The Hall–Kier alpha value is -1.66. The summed E-state index contributed by atoms with van der Waals surface area (Å²) in [5.74, 6) is 6.35. The van der Waals surface area contributed by atoms with Crippen molar-refractivity contribution in [2.24, 2.45) is 5.73 Å². The molecule has 0 unspecified atom stereocenters. The van der Waals surface area contributed by atoms with Gasteiger partial charge in [0.05, 0.1) is 11.6 Å². The first kappa shape index (κ1) is 14.7. The van der Waals surface area contributed by atoms with Crippen LogP contribution in [0.1, 0.15) is 11.1 Å². The molecular weight excluding hydrogens is 293 g/mol. The predicted octanol–water partition coefficient (Wildman–Crippen LogP) is 3.88. The van der Waals surface area contributed by atoms with Crippen molar-refractivity contribution in [3.63, 3.8) is 0 Å². The topological polar surface area (TPSA) is 35.2 Å². The predicted molar refractivity (Wildman–Crippen MR) is 83.2 cm³/mol. The summed E-state index contributed by atoms with van der Waals surface area (Å²) in [4.78, 5) is 0. The lowest BCUT2D eigenvalue weighted by Gasteiger charge is -2.08. The van der Waals surface area contributed by atoms with Crippen LogP contribution in [0, 0.1) is 11.8 Å². The molecule has 4 heteroatoms. The molecule has 0 radical (unpaired) electrons. The maximum absolute atomic E-state index is 6.05. The molecule has 2 nitrogen and oxygen atoms in total. The molecule has 0 aromatic heterocycles. The van der Waals surface area contributed by atoms with Gasteiger partial charge in [-0.3, -0.25) is 0 Å². The molecule has 0 aliphatic carbocycles. The number of hydrogen-bond donors (Lipinski definition) is 1. The Kier molecular flexibility index (Phi) is 5.31. The van der Waals surface area contributed by atoms with Crippen molar-refractivity contribution >= 4 is 23.2 Å². The minimum absolute atomic E-state index is 0.359. The van der Waals surface area contributed by atoms with Crippen molar-refractivity contribution in [1.82, 2.24) is 0 Å². The molecule has 0 atom stereocenters. The van der Waals surface area contributed by atoms with Crippen LogP contribution in [0.4, 0.5) is 0 Å². The van der Waals surface area contributed by atoms with E-state index in [-0.39, 0.29) is 0 Å². The first-order valence-corrected chi connectivity index (χ1v) is 6.81. The van der Waals surface area contributed by atoms with Crippen molar-refractivity contribution in [3.8, 4) is 17.6 Å². The molecule has 0 spiro atoms. The van der Waals surface area contributed by atoms with Gasteiger partial charge in [-0.2, -0.15) is 0 Å². The Morgan fingerprint density at radius 1 is 1.05 bits per heavy atom. The van der Waals surface area contributed by atoms with E-state index in [1.165, 1.54) is 0 Å². The third kappa shape index (κ3) is 3.91. The molecule has 0 saturated carbocycles. The van der Waals surface area contributed by atoms with E-state index in [4.69, 9.17) is 33.7 Å². The van der Waals surface area contributed by atoms with Gasteiger partial charge in [0.25, 0.3) is 0 Å². The fourth-order valence-electron chi connectivity index (χ4n) is 1.59. The van der Waals surface area contributed by atoms with E-state index < -0.39 is 0 Å². The van der Waals surface area contributed by atoms with Gasteiger partial charge in [-0.15, -0.1) is 0 Å². The summed E-state index contributed by atoms with van der Waals surface area (Å²) in [6, 6.07) is 13.1. The fraction of sp³-hybridized carbons (Fsp3) is 0.125. The standard InChI is InChI=1S/C16H13Cl2NO/c17-14-4-1-5-15(16(14)18)20-11-13-8-6-12(7-9-13)3-2-10-19/h1,4-9H,10-11,19H2. The van der Waals surface area contributed by atoms with Crippen molar-refractivity contribution in [1.29, 1.82) is 0 Å². The van der Waals surface area contributed by atoms with Gasteiger partial charge in [-0.05, 0) is 29.8 Å². The van der Waals surface area contributed by atoms with Gasteiger partial charge in [-0.1, -0.05) is 53.2 Å². The van der Waals surface area contributed by atoms with Gasteiger partial charge in [0.15, 0.2) is 0 Å². The normalized spacial score (nSPS) is 9.75. The van der Waals surface area contributed by atoms with Crippen molar-refractivity contribution in [3.05, 3.63) is 63.6 Å². The van der Waals surface area contributed by atoms with Crippen LogP contribution in [0.15, 0.2) is 42.5 Å². The first-order chi connectivity index (χ1) is 9.70. The van der Waals surface area contributed by atoms with Crippen LogP contribution in [0.25, 0.3) is 0 Å². The van der Waals surface area contributed by atoms with Crippen LogP contribution in [0.2, 0.25) is 10.0 Å². The van der Waals surface area contributed by atoms with E-state index in [0.717, 1.165) is 11.1 Å². The Morgan fingerprint density at radius 2 is 1.80 bits per heavy atom. The van der Waals surface area contributed by atoms with Gasteiger partial charge < -0.3 is 10.5 Å². The molecule has 2 rings (SSSR count). The molecule has 2 N–H and O–H groups in total. The number of rotatable bonds is 3. The monoisotopic (exact) mass is 305 g/mol. The third-order valence-corrected chi connectivity index (χ3v) is 3.40. The first-order valence-electron chi connectivity index (χ1n) is 6.05. The molecule has 0 aliphatic rings. The Balaban J connectivity index is 2.02. The van der Waals surface area contributed by atoms with E-state index in [0.29, 0.717) is 28.9 Å². The van der Waals surface area contributed by atoms with Crippen molar-refractivity contribution < 1.29 is 4.74 Å². The lowest BCUT2D eigenvalue weighted by Crippen LogP contribution is -1.96. The average molecular weight is 306 g/mol. The summed E-state index contributed by atoms with van der Waals surface area (Å²) in [6.07, 6.45) is 0. The van der Waals surface area contributed by atoms with Crippen LogP contribution < -0.4 is 10.5 Å². The van der Waals surface area contributed by atoms with Gasteiger partial charge in [-0.25, -0.2) is 0 Å². The van der Waals surface area contributed by atoms with Gasteiger partial charge in [0.2, 0.25) is 0 Å². The Morgan fingerprint density at radius 3 is 2.50 bits per heavy atom. The Labute approximate surface area is 128 Å². The van der Waals surface area contributed by atoms with E-state index >= 15 is 0 Å². The van der Waals surface area contributed by atoms with E-state index in [2.05, 4.69) is 11.8 Å². The van der Waals surface area contributed by atoms with Crippen LogP contribution in [-0.2, 0) is 6.61 Å². The SMILES string of the molecule is NCC#Cc1ccc(COc2cccc(Cl)c2Cl)cc1. The molecule has 0 bridgehead atoms. The molecular formula is C16H13Cl2NO. The highest BCUT2D eigenvalue weighted by atomic mass is 35.5. The fourth-order valence-corrected chi connectivity index (χ4v) is 1.94. The second-order valence-electron chi connectivity index (χ2n) is 4.04. The largest absolute Gasteiger partial charge is 0.487 e. The van der Waals surface area contributed by atoms with E-state index in [9.17, 15) is 0 Å². The number of nitrogens with two attached hydrogens (primary N) is 1. The summed E-state index contributed by atoms with van der Waals surface area (Å²) < 4.78 is 5.65. The summed E-state index contributed by atoms with van der Waals surface area (Å²) in [7, 11) is 0. The molecule has 20 heavy (non-hydrogen) atoms. The summed E-state index contributed by atoms with van der Waals surface area (Å²) in [5.41, 5.74) is 7.29. The highest BCUT2D eigenvalue weighted by Crippen LogP contribution is 2.31. The number of halogens is 2. The summed E-state index contributed by atoms with van der Waals surface area (Å²) in [5, 5.41) is 0.913. The van der Waals surface area contributed by atoms with Gasteiger partial charge >= 0.3 is 0 Å². The van der Waals surface area contributed by atoms with Crippen LogP contribution >= 0.6 is 23.2 Å². The lowest BCUT2D eigenvalue weighted by atomic mass is 10.1. The second-order valence-corrected chi connectivity index (χ2v) is 4.83. The van der Waals surface area contributed by atoms with Crippen LogP contribution in [0.3, 0.4) is 0 Å². The zero-order valence-corrected chi connectivity index (χ0v) is 12.2. The summed E-state index contributed by atoms with van der Waals surface area (Å²) in [6.45, 7) is 0.781. The van der Waals surface area contributed by atoms with Crippen LogP contribution in [0.5, 0.6) is 5.75 Å². The van der Waals surface area contributed by atoms with E-state index in [1.54, 1.807) is 18.2 Å². The zero-order chi connectivity index (χ0) is 14.4. The maximum Gasteiger partial charge on any atom is 0.139 e. The summed E-state index contributed by atoms with van der Waals surface area (Å²) >= 11 is 12.0. The van der Waals surface area contributed by atoms with Crippen LogP contribution in [-0.4, -0.2) is 6.54 Å². The molecule has 2 aromatic rings. The number of hydrogen-bond acceptors (Lipinski definition) is 2. The third-order valence-electron chi connectivity index (χ3n) is 2.60.